The summed E-state index contributed by atoms with van der Waals surface area (Å²) in [5.41, 5.74) is -0.805. The van der Waals surface area contributed by atoms with Gasteiger partial charge in [0, 0.05) is 18.7 Å². The molecule has 1 amide bonds. The zero-order chi connectivity index (χ0) is 17.3. The van der Waals surface area contributed by atoms with E-state index in [4.69, 9.17) is 4.74 Å². The molecular formula is C16H22N2O4S. The molecule has 0 saturated carbocycles. The van der Waals surface area contributed by atoms with E-state index in [0.29, 0.717) is 6.54 Å². The van der Waals surface area contributed by atoms with Crippen molar-refractivity contribution in [3.05, 3.63) is 35.9 Å². The molecule has 1 aliphatic rings. The molecule has 0 unspecified atom stereocenters. The summed E-state index contributed by atoms with van der Waals surface area (Å²) in [6.45, 7) is 7.45. The van der Waals surface area contributed by atoms with Crippen molar-refractivity contribution in [1.82, 2.24) is 8.61 Å². The van der Waals surface area contributed by atoms with Gasteiger partial charge in [0.1, 0.15) is 11.1 Å². The summed E-state index contributed by atoms with van der Waals surface area (Å²) in [6, 6.07) is 9.57. The number of rotatable bonds is 3. The van der Waals surface area contributed by atoms with Crippen LogP contribution < -0.4 is 0 Å². The minimum atomic E-state index is -1.17. The first-order chi connectivity index (χ1) is 10.6. The molecule has 2 rings (SSSR count). The Morgan fingerprint density at radius 1 is 1.30 bits per heavy atom. The van der Waals surface area contributed by atoms with Crippen LogP contribution in [0.3, 0.4) is 0 Å². The lowest BCUT2D eigenvalue weighted by molar-refractivity contribution is -0.146. The molecule has 0 spiro atoms. The minimum Gasteiger partial charge on any atom is -0.480 e. The summed E-state index contributed by atoms with van der Waals surface area (Å²) in [5.74, 6) is -0.966. The number of ether oxygens (including phenoxy) is 1. The second-order valence-corrected chi connectivity index (χ2v) is 7.74. The summed E-state index contributed by atoms with van der Waals surface area (Å²) >= 11 is 1.10. The average molecular weight is 338 g/mol. The zero-order valence-corrected chi connectivity index (χ0v) is 14.6. The first kappa shape index (κ1) is 17.6. The van der Waals surface area contributed by atoms with Crippen molar-refractivity contribution in [2.24, 2.45) is 0 Å². The summed E-state index contributed by atoms with van der Waals surface area (Å²) in [5, 5.41) is 9.62. The first-order valence-electron chi connectivity index (χ1n) is 7.35. The van der Waals surface area contributed by atoms with Crippen LogP contribution in [0.15, 0.2) is 30.3 Å². The van der Waals surface area contributed by atoms with Gasteiger partial charge in [-0.2, -0.15) is 0 Å². The standard InChI is InChI=1S/C16H22N2O4S/c1-15(2,3)22-14(21)17-11-16(4,13(19)20)18(23-17)10-12-8-6-5-7-9-12/h5-9H,10-11H2,1-4H3,(H,19,20)/t16-/m0/s1. The van der Waals surface area contributed by atoms with Crippen molar-refractivity contribution >= 4 is 24.2 Å². The van der Waals surface area contributed by atoms with E-state index in [-0.39, 0.29) is 6.54 Å². The molecule has 7 heteroatoms. The number of aliphatic carboxylic acids is 1. The van der Waals surface area contributed by atoms with Crippen molar-refractivity contribution in [2.45, 2.75) is 45.4 Å². The number of carboxylic acid groups (broad SMARTS) is 1. The smallest absolute Gasteiger partial charge is 0.421 e. The van der Waals surface area contributed by atoms with Crippen molar-refractivity contribution in [1.29, 1.82) is 0 Å². The van der Waals surface area contributed by atoms with Crippen LogP contribution in [0.1, 0.15) is 33.3 Å². The van der Waals surface area contributed by atoms with Gasteiger partial charge >= 0.3 is 12.1 Å². The third-order valence-electron chi connectivity index (χ3n) is 3.43. The predicted molar refractivity (Wildman–Crippen MR) is 88.6 cm³/mol. The Morgan fingerprint density at radius 2 is 1.91 bits per heavy atom. The molecule has 1 saturated heterocycles. The molecule has 0 radical (unpaired) electrons. The third kappa shape index (κ3) is 4.17. The number of carbonyl (C=O) groups excluding carboxylic acids is 1. The fraction of sp³-hybridized carbons (Fsp3) is 0.500. The summed E-state index contributed by atoms with van der Waals surface area (Å²) < 4.78 is 8.41. The Morgan fingerprint density at radius 3 is 2.43 bits per heavy atom. The van der Waals surface area contributed by atoms with Gasteiger partial charge < -0.3 is 9.84 Å². The van der Waals surface area contributed by atoms with Gasteiger partial charge in [-0.1, -0.05) is 30.3 Å². The van der Waals surface area contributed by atoms with E-state index in [0.717, 1.165) is 17.7 Å². The van der Waals surface area contributed by atoms with Crippen molar-refractivity contribution < 1.29 is 19.4 Å². The van der Waals surface area contributed by atoms with Gasteiger partial charge in [-0.05, 0) is 33.3 Å². The van der Waals surface area contributed by atoms with Crippen LogP contribution in [0.4, 0.5) is 4.79 Å². The van der Waals surface area contributed by atoms with Crippen LogP contribution in [0.5, 0.6) is 0 Å². The van der Waals surface area contributed by atoms with E-state index in [9.17, 15) is 14.7 Å². The second-order valence-electron chi connectivity index (χ2n) is 6.70. The molecule has 1 aromatic carbocycles. The number of benzene rings is 1. The van der Waals surface area contributed by atoms with Gasteiger partial charge in [0.2, 0.25) is 0 Å². The zero-order valence-electron chi connectivity index (χ0n) is 13.8. The molecular weight excluding hydrogens is 316 g/mol. The molecule has 126 valence electrons. The lowest BCUT2D eigenvalue weighted by atomic mass is 10.0. The molecule has 0 aromatic heterocycles. The van der Waals surface area contributed by atoms with Gasteiger partial charge in [0.15, 0.2) is 0 Å². The van der Waals surface area contributed by atoms with E-state index in [1.807, 2.05) is 30.3 Å². The molecule has 1 fully saturated rings. The van der Waals surface area contributed by atoms with Gasteiger partial charge in [-0.3, -0.25) is 4.79 Å². The molecule has 1 heterocycles. The molecule has 6 nitrogen and oxygen atoms in total. The second kappa shape index (κ2) is 6.41. The summed E-state index contributed by atoms with van der Waals surface area (Å²) in [6.07, 6.45) is -0.523. The lowest BCUT2D eigenvalue weighted by Crippen LogP contribution is -2.49. The third-order valence-corrected chi connectivity index (χ3v) is 4.63. The van der Waals surface area contributed by atoms with Crippen molar-refractivity contribution in [3.8, 4) is 0 Å². The highest BCUT2D eigenvalue weighted by Crippen LogP contribution is 2.38. The number of nitrogens with zero attached hydrogens (tertiary/aromatic N) is 2. The normalized spacial score (nSPS) is 22.2. The number of carboxylic acids is 1. The van der Waals surface area contributed by atoms with E-state index in [1.165, 1.54) is 4.31 Å². The highest BCUT2D eigenvalue weighted by Gasteiger charge is 2.50. The van der Waals surface area contributed by atoms with Gasteiger partial charge in [-0.15, -0.1) is 0 Å². The number of carbonyl (C=O) groups is 2. The molecule has 1 atom stereocenters. The molecule has 0 aliphatic carbocycles. The first-order valence-corrected chi connectivity index (χ1v) is 8.08. The SMILES string of the molecule is CC(C)(C)OC(=O)N1C[C@@](C)(C(=O)O)N(Cc2ccccc2)S1. The largest absolute Gasteiger partial charge is 0.480 e. The van der Waals surface area contributed by atoms with Crippen LogP contribution in [-0.4, -0.2) is 43.5 Å². The maximum Gasteiger partial charge on any atom is 0.421 e. The van der Waals surface area contributed by atoms with Crippen LogP contribution in [0.2, 0.25) is 0 Å². The maximum atomic E-state index is 12.2. The van der Waals surface area contributed by atoms with Gasteiger partial charge in [0.25, 0.3) is 0 Å². The van der Waals surface area contributed by atoms with Crippen LogP contribution in [-0.2, 0) is 16.1 Å². The van der Waals surface area contributed by atoms with Gasteiger partial charge in [0.05, 0.1) is 6.54 Å². The lowest BCUT2D eigenvalue weighted by Gasteiger charge is -2.27. The van der Waals surface area contributed by atoms with Gasteiger partial charge in [-0.25, -0.2) is 13.4 Å². The molecule has 0 bridgehead atoms. The highest BCUT2D eigenvalue weighted by atomic mass is 32.2. The van der Waals surface area contributed by atoms with E-state index >= 15 is 0 Å². The van der Waals surface area contributed by atoms with E-state index in [1.54, 1.807) is 32.0 Å². The molecule has 1 N–H and O–H groups in total. The maximum absolute atomic E-state index is 12.2. The van der Waals surface area contributed by atoms with Crippen LogP contribution in [0.25, 0.3) is 0 Å². The van der Waals surface area contributed by atoms with Crippen LogP contribution >= 0.6 is 12.1 Å². The molecule has 1 aromatic rings. The average Bonchev–Trinajstić information content (AvgIpc) is 2.77. The monoisotopic (exact) mass is 338 g/mol. The number of hydrogen-bond donors (Lipinski definition) is 1. The van der Waals surface area contributed by atoms with Crippen molar-refractivity contribution in [3.63, 3.8) is 0 Å². The Hall–Kier alpha value is -1.73. The van der Waals surface area contributed by atoms with Crippen molar-refractivity contribution in [2.75, 3.05) is 6.54 Å². The molecule has 1 aliphatic heterocycles. The fourth-order valence-electron chi connectivity index (χ4n) is 2.13. The quantitative estimate of drug-likeness (QED) is 0.854. The fourth-order valence-corrected chi connectivity index (χ4v) is 3.31. The number of hydrogen-bond acceptors (Lipinski definition) is 5. The van der Waals surface area contributed by atoms with E-state index < -0.39 is 23.2 Å². The van der Waals surface area contributed by atoms with Crippen LogP contribution in [0, 0.1) is 0 Å². The Kier molecular flexibility index (Phi) is 4.91. The Bertz CT molecular complexity index is 587. The van der Waals surface area contributed by atoms with E-state index in [2.05, 4.69) is 0 Å². The summed E-state index contributed by atoms with van der Waals surface area (Å²) in [4.78, 5) is 24.0. The summed E-state index contributed by atoms with van der Waals surface area (Å²) in [7, 11) is 0. The highest BCUT2D eigenvalue weighted by molar-refractivity contribution is 7.95. The number of amides is 1. The Labute approximate surface area is 140 Å². The minimum absolute atomic E-state index is 0.0642. The topological polar surface area (TPSA) is 70.1 Å². The Balaban J connectivity index is 2.17. The predicted octanol–water partition coefficient (Wildman–Crippen LogP) is 3.15. The molecule has 23 heavy (non-hydrogen) atoms.